The fourth-order valence-electron chi connectivity index (χ4n) is 1.64. The molecule has 0 spiro atoms. The minimum Gasteiger partial charge on any atom is -0.381 e. The maximum Gasteiger partial charge on any atom is 0.0494 e. The van der Waals surface area contributed by atoms with Crippen molar-refractivity contribution in [3.05, 3.63) is 0 Å². The Morgan fingerprint density at radius 3 is 2.45 bits per heavy atom. The van der Waals surface area contributed by atoms with Crippen molar-refractivity contribution in [2.45, 2.75) is 38.6 Å². The third-order valence-corrected chi connectivity index (χ3v) is 2.45. The van der Waals surface area contributed by atoms with E-state index in [4.69, 9.17) is 10.5 Å². The van der Waals surface area contributed by atoms with E-state index in [1.807, 2.05) is 0 Å². The van der Waals surface area contributed by atoms with E-state index in [1.54, 1.807) is 0 Å². The van der Waals surface area contributed by atoms with E-state index in [-0.39, 0.29) is 0 Å². The summed E-state index contributed by atoms with van der Waals surface area (Å²) >= 11 is 0. The lowest BCUT2D eigenvalue weighted by atomic mass is 9.87. The molecule has 0 aliphatic heterocycles. The molecule has 0 atom stereocenters. The summed E-state index contributed by atoms with van der Waals surface area (Å²) in [4.78, 5) is 0. The third-order valence-electron chi connectivity index (χ3n) is 2.45. The Balaban J connectivity index is 2.07. The van der Waals surface area contributed by atoms with E-state index < -0.39 is 0 Å². The SMILES string of the molecule is CCOC[C@H]1CC[C@H](N)CC1. The van der Waals surface area contributed by atoms with Gasteiger partial charge in [-0.25, -0.2) is 0 Å². The zero-order chi connectivity index (χ0) is 8.10. The Morgan fingerprint density at radius 1 is 1.27 bits per heavy atom. The van der Waals surface area contributed by atoms with Crippen molar-refractivity contribution in [2.75, 3.05) is 13.2 Å². The lowest BCUT2D eigenvalue weighted by Crippen LogP contribution is -2.28. The average Bonchev–Trinajstić information content (AvgIpc) is 2.04. The molecule has 0 aromatic rings. The average molecular weight is 157 g/mol. The summed E-state index contributed by atoms with van der Waals surface area (Å²) < 4.78 is 5.37. The number of ether oxygens (including phenoxy) is 1. The van der Waals surface area contributed by atoms with Crippen LogP contribution in [0.1, 0.15) is 32.6 Å². The molecule has 1 aliphatic carbocycles. The molecule has 2 N–H and O–H groups in total. The summed E-state index contributed by atoms with van der Waals surface area (Å²) in [7, 11) is 0. The summed E-state index contributed by atoms with van der Waals surface area (Å²) in [6.07, 6.45) is 4.91. The molecule has 2 heteroatoms. The zero-order valence-electron chi connectivity index (χ0n) is 7.38. The maximum absolute atomic E-state index is 5.78. The first-order valence-electron chi connectivity index (χ1n) is 4.66. The predicted molar refractivity (Wildman–Crippen MR) is 46.4 cm³/mol. The molecular formula is C9H19NO. The van der Waals surface area contributed by atoms with Crippen LogP contribution in [0.5, 0.6) is 0 Å². The molecule has 0 aromatic heterocycles. The largest absolute Gasteiger partial charge is 0.381 e. The van der Waals surface area contributed by atoms with Crippen molar-refractivity contribution >= 4 is 0 Å². The van der Waals surface area contributed by atoms with Crippen molar-refractivity contribution in [3.8, 4) is 0 Å². The Labute approximate surface area is 69.1 Å². The number of rotatable bonds is 3. The van der Waals surface area contributed by atoms with Gasteiger partial charge in [-0.05, 0) is 38.5 Å². The number of nitrogens with two attached hydrogens (primary N) is 1. The van der Waals surface area contributed by atoms with E-state index in [1.165, 1.54) is 25.7 Å². The monoisotopic (exact) mass is 157 g/mol. The molecule has 1 fully saturated rings. The molecule has 0 saturated heterocycles. The standard InChI is InChI=1S/C9H19NO/c1-2-11-7-8-3-5-9(10)6-4-8/h8-9H,2-7,10H2,1H3/t8-,9-. The third kappa shape index (κ3) is 3.21. The molecule has 11 heavy (non-hydrogen) atoms. The normalized spacial score (nSPS) is 32.2. The van der Waals surface area contributed by atoms with E-state index in [9.17, 15) is 0 Å². The second-order valence-corrected chi connectivity index (χ2v) is 3.44. The Morgan fingerprint density at radius 2 is 1.91 bits per heavy atom. The van der Waals surface area contributed by atoms with E-state index in [2.05, 4.69) is 6.92 Å². The van der Waals surface area contributed by atoms with Gasteiger partial charge in [0.2, 0.25) is 0 Å². The first kappa shape index (κ1) is 9.01. The Hall–Kier alpha value is -0.0800. The van der Waals surface area contributed by atoms with Gasteiger partial charge in [0, 0.05) is 19.3 Å². The molecule has 2 nitrogen and oxygen atoms in total. The van der Waals surface area contributed by atoms with Crippen LogP contribution in [0.4, 0.5) is 0 Å². The maximum atomic E-state index is 5.78. The second-order valence-electron chi connectivity index (χ2n) is 3.44. The highest BCUT2D eigenvalue weighted by molar-refractivity contribution is 4.73. The second kappa shape index (κ2) is 4.73. The molecular weight excluding hydrogens is 138 g/mol. The quantitative estimate of drug-likeness (QED) is 0.674. The molecule has 0 amide bonds. The molecule has 66 valence electrons. The lowest BCUT2D eigenvalue weighted by Gasteiger charge is -2.25. The topological polar surface area (TPSA) is 35.2 Å². The van der Waals surface area contributed by atoms with Crippen LogP contribution >= 0.6 is 0 Å². The molecule has 0 aromatic carbocycles. The lowest BCUT2D eigenvalue weighted by molar-refractivity contribution is 0.0923. The van der Waals surface area contributed by atoms with Crippen LogP contribution < -0.4 is 5.73 Å². The van der Waals surface area contributed by atoms with Crippen molar-refractivity contribution in [1.29, 1.82) is 0 Å². The zero-order valence-corrected chi connectivity index (χ0v) is 7.38. The molecule has 1 saturated carbocycles. The van der Waals surface area contributed by atoms with Crippen molar-refractivity contribution in [1.82, 2.24) is 0 Å². The fraction of sp³-hybridized carbons (Fsp3) is 1.00. The summed E-state index contributed by atoms with van der Waals surface area (Å²) in [5.41, 5.74) is 5.78. The van der Waals surface area contributed by atoms with Crippen LogP contribution in [-0.2, 0) is 4.74 Å². The van der Waals surface area contributed by atoms with Crippen LogP contribution in [0.25, 0.3) is 0 Å². The highest BCUT2D eigenvalue weighted by Gasteiger charge is 2.17. The van der Waals surface area contributed by atoms with Crippen molar-refractivity contribution in [3.63, 3.8) is 0 Å². The highest BCUT2D eigenvalue weighted by atomic mass is 16.5. The number of hydrogen-bond donors (Lipinski definition) is 1. The molecule has 0 radical (unpaired) electrons. The summed E-state index contributed by atoms with van der Waals surface area (Å²) in [5.74, 6) is 0.787. The molecule has 1 rings (SSSR count). The Kier molecular flexibility index (Phi) is 3.87. The fourth-order valence-corrected chi connectivity index (χ4v) is 1.64. The minimum absolute atomic E-state index is 0.466. The van der Waals surface area contributed by atoms with Gasteiger partial charge < -0.3 is 10.5 Å². The Bertz CT molecular complexity index is 95.0. The van der Waals surface area contributed by atoms with Gasteiger partial charge in [-0.15, -0.1) is 0 Å². The molecule has 0 unspecified atom stereocenters. The molecule has 0 heterocycles. The van der Waals surface area contributed by atoms with Gasteiger partial charge in [-0.3, -0.25) is 0 Å². The van der Waals surface area contributed by atoms with Gasteiger partial charge in [0.25, 0.3) is 0 Å². The van der Waals surface area contributed by atoms with Gasteiger partial charge >= 0.3 is 0 Å². The van der Waals surface area contributed by atoms with E-state index in [0.717, 1.165) is 19.1 Å². The van der Waals surface area contributed by atoms with Gasteiger partial charge in [-0.1, -0.05) is 0 Å². The van der Waals surface area contributed by atoms with Crippen LogP contribution in [0.3, 0.4) is 0 Å². The van der Waals surface area contributed by atoms with Crippen LogP contribution in [0, 0.1) is 5.92 Å². The predicted octanol–water partition coefficient (Wildman–Crippen LogP) is 1.54. The van der Waals surface area contributed by atoms with Gasteiger partial charge in [0.05, 0.1) is 0 Å². The van der Waals surface area contributed by atoms with Crippen molar-refractivity contribution in [2.24, 2.45) is 11.7 Å². The van der Waals surface area contributed by atoms with Gasteiger partial charge in [-0.2, -0.15) is 0 Å². The van der Waals surface area contributed by atoms with Crippen LogP contribution in [-0.4, -0.2) is 19.3 Å². The first-order valence-corrected chi connectivity index (χ1v) is 4.66. The van der Waals surface area contributed by atoms with Crippen LogP contribution in [0.2, 0.25) is 0 Å². The van der Waals surface area contributed by atoms with E-state index in [0.29, 0.717) is 6.04 Å². The first-order chi connectivity index (χ1) is 5.33. The number of hydrogen-bond acceptors (Lipinski definition) is 2. The summed E-state index contributed by atoms with van der Waals surface area (Å²) in [5, 5.41) is 0. The minimum atomic E-state index is 0.466. The highest BCUT2D eigenvalue weighted by Crippen LogP contribution is 2.22. The van der Waals surface area contributed by atoms with Gasteiger partial charge in [0.1, 0.15) is 0 Å². The summed E-state index contributed by atoms with van der Waals surface area (Å²) in [6.45, 7) is 3.85. The van der Waals surface area contributed by atoms with Crippen molar-refractivity contribution < 1.29 is 4.74 Å². The van der Waals surface area contributed by atoms with Crippen LogP contribution in [0.15, 0.2) is 0 Å². The van der Waals surface area contributed by atoms with E-state index >= 15 is 0 Å². The smallest absolute Gasteiger partial charge is 0.0494 e. The molecule has 1 aliphatic rings. The molecule has 0 bridgehead atoms. The summed E-state index contributed by atoms with van der Waals surface area (Å²) in [6, 6.07) is 0.466. The van der Waals surface area contributed by atoms with Gasteiger partial charge in [0.15, 0.2) is 0 Å².